The summed E-state index contributed by atoms with van der Waals surface area (Å²) in [5.74, 6) is 2.49. The summed E-state index contributed by atoms with van der Waals surface area (Å²) >= 11 is 0. The highest BCUT2D eigenvalue weighted by molar-refractivity contribution is 5.79. The van der Waals surface area contributed by atoms with E-state index in [0.717, 1.165) is 5.75 Å². The van der Waals surface area contributed by atoms with E-state index in [0.29, 0.717) is 29.1 Å². The molecule has 6 nitrogen and oxygen atoms in total. The van der Waals surface area contributed by atoms with Crippen LogP contribution in [0.2, 0.25) is 0 Å². The molecular weight excluding hydrogens is 330 g/mol. The Morgan fingerprint density at radius 1 is 1.19 bits per heavy atom. The van der Waals surface area contributed by atoms with Crippen molar-refractivity contribution in [3.63, 3.8) is 0 Å². The molecule has 2 fully saturated rings. The van der Waals surface area contributed by atoms with Crippen molar-refractivity contribution in [2.75, 3.05) is 7.11 Å². The fraction of sp³-hybridized carbons (Fsp3) is 0.550. The number of ether oxygens (including phenoxy) is 1. The molecule has 2 saturated carbocycles. The molecule has 26 heavy (non-hydrogen) atoms. The first kappa shape index (κ1) is 17.1. The molecule has 4 atom stereocenters. The molecule has 1 aromatic carbocycles. The number of carbonyl (C=O) groups is 1. The quantitative estimate of drug-likeness (QED) is 0.892. The number of rotatable bonds is 5. The van der Waals surface area contributed by atoms with Gasteiger partial charge in [0.1, 0.15) is 17.1 Å². The van der Waals surface area contributed by atoms with Crippen LogP contribution in [0, 0.1) is 18.8 Å². The molecule has 138 valence electrons. The van der Waals surface area contributed by atoms with Crippen LogP contribution < -0.4 is 10.1 Å². The zero-order chi connectivity index (χ0) is 18.1. The minimum atomic E-state index is -0.00339. The number of methoxy groups -OCH3 is 1. The van der Waals surface area contributed by atoms with Gasteiger partial charge in [-0.25, -0.2) is 4.63 Å². The molecule has 0 bridgehead atoms. The van der Waals surface area contributed by atoms with Crippen LogP contribution in [-0.2, 0) is 11.2 Å². The number of fused-ring (bicyclic) bond motifs is 1. The number of nitrogens with zero attached hydrogens (tertiary/aromatic N) is 2. The lowest BCUT2D eigenvalue weighted by molar-refractivity contribution is -0.124. The number of nitrogens with one attached hydrogen (secondary N) is 1. The second-order valence-electron chi connectivity index (χ2n) is 7.48. The Morgan fingerprint density at radius 3 is 2.58 bits per heavy atom. The Hall–Kier alpha value is -2.37. The third kappa shape index (κ3) is 3.08. The van der Waals surface area contributed by atoms with Crippen molar-refractivity contribution >= 4 is 5.91 Å². The molecule has 0 aliphatic heterocycles. The van der Waals surface area contributed by atoms with E-state index in [4.69, 9.17) is 9.37 Å². The van der Waals surface area contributed by atoms with Gasteiger partial charge >= 0.3 is 0 Å². The Bertz CT molecular complexity index is 771. The summed E-state index contributed by atoms with van der Waals surface area (Å²) < 4.78 is 9.97. The highest BCUT2D eigenvalue weighted by atomic mass is 16.6. The minimum absolute atomic E-state index is 0.00339. The van der Waals surface area contributed by atoms with E-state index in [-0.39, 0.29) is 18.4 Å². The van der Waals surface area contributed by atoms with Gasteiger partial charge < -0.3 is 10.1 Å². The predicted octanol–water partition coefficient (Wildman–Crippen LogP) is 3.02. The van der Waals surface area contributed by atoms with Crippen molar-refractivity contribution in [2.45, 2.75) is 51.0 Å². The maximum Gasteiger partial charge on any atom is 0.226 e. The smallest absolute Gasteiger partial charge is 0.226 e. The van der Waals surface area contributed by atoms with E-state index in [9.17, 15) is 4.79 Å². The molecule has 6 heteroatoms. The molecule has 0 unspecified atom stereocenters. The molecule has 0 radical (unpaired) electrons. The van der Waals surface area contributed by atoms with Crippen molar-refractivity contribution < 1.29 is 14.2 Å². The van der Waals surface area contributed by atoms with Gasteiger partial charge in [-0.2, -0.15) is 0 Å². The molecule has 2 aromatic rings. The number of amides is 1. The van der Waals surface area contributed by atoms with Crippen molar-refractivity contribution in [1.82, 2.24) is 15.6 Å². The number of hydrogen-bond acceptors (Lipinski definition) is 5. The van der Waals surface area contributed by atoms with Crippen LogP contribution in [0.5, 0.6) is 5.75 Å². The molecule has 1 heterocycles. The van der Waals surface area contributed by atoms with Gasteiger partial charge in [0.15, 0.2) is 0 Å². The molecule has 2 aliphatic rings. The van der Waals surface area contributed by atoms with Crippen LogP contribution >= 0.6 is 0 Å². The summed E-state index contributed by atoms with van der Waals surface area (Å²) in [6.45, 7) is 1.81. The molecule has 1 aromatic heterocycles. The van der Waals surface area contributed by atoms with Crippen LogP contribution in [0.15, 0.2) is 28.9 Å². The fourth-order valence-corrected chi connectivity index (χ4v) is 4.74. The molecular formula is C20H25N3O3. The lowest BCUT2D eigenvalue weighted by atomic mass is 9.53. The first-order valence-corrected chi connectivity index (χ1v) is 9.38. The molecule has 0 saturated heterocycles. The lowest BCUT2D eigenvalue weighted by Gasteiger charge is -2.55. The molecule has 4 rings (SSSR count). The second kappa shape index (κ2) is 7.09. The Labute approximate surface area is 153 Å². The average Bonchev–Trinajstić information content (AvgIpc) is 3.05. The Balaban J connectivity index is 1.49. The van der Waals surface area contributed by atoms with E-state index in [2.05, 4.69) is 27.8 Å². The highest BCUT2D eigenvalue weighted by Gasteiger charge is 2.51. The molecule has 0 spiro atoms. The summed E-state index contributed by atoms with van der Waals surface area (Å²) in [6, 6.07) is 8.49. The summed E-state index contributed by atoms with van der Waals surface area (Å²) in [7, 11) is 1.68. The Kier molecular flexibility index (Phi) is 4.66. The van der Waals surface area contributed by atoms with E-state index >= 15 is 0 Å². The normalized spacial score (nSPS) is 27.3. The number of hydrogen-bond donors (Lipinski definition) is 1. The summed E-state index contributed by atoms with van der Waals surface area (Å²) in [5, 5.41) is 10.9. The molecule has 1 N–H and O–H groups in total. The zero-order valence-electron chi connectivity index (χ0n) is 15.3. The van der Waals surface area contributed by atoms with Gasteiger partial charge in [-0.15, -0.1) is 0 Å². The second-order valence-corrected chi connectivity index (χ2v) is 7.48. The number of carbonyl (C=O) groups excluding carboxylic acids is 1. The maximum atomic E-state index is 12.6. The third-order valence-electron chi connectivity index (χ3n) is 6.09. The topological polar surface area (TPSA) is 77.2 Å². The van der Waals surface area contributed by atoms with Gasteiger partial charge in [-0.3, -0.25) is 4.79 Å². The number of benzene rings is 1. The number of aryl methyl sites for hydroxylation is 1. The summed E-state index contributed by atoms with van der Waals surface area (Å²) in [5.41, 5.74) is 2.58. The monoisotopic (exact) mass is 355 g/mol. The molecule has 1 amide bonds. The standard InChI is InChI=1S/C20H25N3O3/c1-12-17(23-26-22-12)11-18(24)21-20-16-6-4-3-5-15(16)19(20)13-7-9-14(25-2)10-8-13/h7-10,15-16,19-20H,3-6,11H2,1-2H3,(H,21,24)/t15-,16-,19-,20-/m0/s1. The SMILES string of the molecule is COc1ccc([C@H]2[C@H]3CCCC[C@@H]3[C@@H]2NC(=O)Cc2nonc2C)cc1. The van der Waals surface area contributed by atoms with Crippen LogP contribution in [0.1, 0.15) is 48.6 Å². The zero-order valence-corrected chi connectivity index (χ0v) is 15.3. The van der Waals surface area contributed by atoms with Crippen molar-refractivity contribution in [3.05, 3.63) is 41.2 Å². The largest absolute Gasteiger partial charge is 0.497 e. The van der Waals surface area contributed by atoms with Crippen molar-refractivity contribution in [1.29, 1.82) is 0 Å². The fourth-order valence-electron chi connectivity index (χ4n) is 4.74. The van der Waals surface area contributed by atoms with Gasteiger partial charge in [0.25, 0.3) is 0 Å². The van der Waals surface area contributed by atoms with Gasteiger partial charge in [-0.1, -0.05) is 35.3 Å². The number of aromatic nitrogens is 2. The van der Waals surface area contributed by atoms with Gasteiger partial charge in [0, 0.05) is 12.0 Å². The third-order valence-corrected chi connectivity index (χ3v) is 6.09. The predicted molar refractivity (Wildman–Crippen MR) is 95.9 cm³/mol. The van der Waals surface area contributed by atoms with Crippen molar-refractivity contribution in [3.8, 4) is 5.75 Å². The molecule has 2 aliphatic carbocycles. The van der Waals surface area contributed by atoms with Crippen LogP contribution in [0.25, 0.3) is 0 Å². The summed E-state index contributed by atoms with van der Waals surface area (Å²) in [6.07, 6.45) is 5.22. The first-order valence-electron chi connectivity index (χ1n) is 9.38. The van der Waals surface area contributed by atoms with Crippen molar-refractivity contribution in [2.24, 2.45) is 11.8 Å². The van der Waals surface area contributed by atoms with Gasteiger partial charge in [0.05, 0.1) is 13.5 Å². The van der Waals surface area contributed by atoms with Gasteiger partial charge in [0.2, 0.25) is 5.91 Å². The van der Waals surface area contributed by atoms with E-state index in [1.165, 1.54) is 31.2 Å². The lowest BCUT2D eigenvalue weighted by Crippen LogP contribution is -2.59. The van der Waals surface area contributed by atoms with E-state index < -0.39 is 0 Å². The Morgan fingerprint density at radius 2 is 1.92 bits per heavy atom. The van der Waals surface area contributed by atoms with Gasteiger partial charge in [-0.05, 0) is 49.3 Å². The van der Waals surface area contributed by atoms with Crippen LogP contribution in [-0.4, -0.2) is 29.4 Å². The average molecular weight is 355 g/mol. The highest BCUT2D eigenvalue weighted by Crippen LogP contribution is 2.54. The maximum absolute atomic E-state index is 12.6. The summed E-state index contributed by atoms with van der Waals surface area (Å²) in [4.78, 5) is 12.6. The van der Waals surface area contributed by atoms with Crippen LogP contribution in [0.4, 0.5) is 0 Å². The first-order chi connectivity index (χ1) is 12.7. The van der Waals surface area contributed by atoms with E-state index in [1.807, 2.05) is 12.1 Å². The minimum Gasteiger partial charge on any atom is -0.497 e. The van der Waals surface area contributed by atoms with Crippen LogP contribution in [0.3, 0.4) is 0 Å². The van der Waals surface area contributed by atoms with E-state index in [1.54, 1.807) is 14.0 Å².